The van der Waals surface area contributed by atoms with Crippen molar-refractivity contribution in [3.05, 3.63) is 29.8 Å². The molecule has 0 N–H and O–H groups in total. The van der Waals surface area contributed by atoms with E-state index in [9.17, 15) is 4.79 Å². The second-order valence-electron chi connectivity index (χ2n) is 3.81. The highest BCUT2D eigenvalue weighted by molar-refractivity contribution is 9.10. The molecule has 0 spiro atoms. The number of hydrogen-bond acceptors (Lipinski definition) is 2. The molecule has 0 aromatic heterocycles. The van der Waals surface area contributed by atoms with Gasteiger partial charge in [-0.05, 0) is 31.5 Å². The summed E-state index contributed by atoms with van der Waals surface area (Å²) in [5.74, 6) is 1.15. The molecular formula is C13H17BrO2. The summed E-state index contributed by atoms with van der Waals surface area (Å²) in [6.07, 6.45) is 0. The van der Waals surface area contributed by atoms with Gasteiger partial charge in [0.1, 0.15) is 11.5 Å². The van der Waals surface area contributed by atoms with Crippen LogP contribution in [0.3, 0.4) is 0 Å². The van der Waals surface area contributed by atoms with Crippen molar-refractivity contribution in [2.45, 2.75) is 31.5 Å². The molecule has 0 saturated heterocycles. The number of alkyl halides is 1. The molecule has 0 aliphatic carbocycles. The van der Waals surface area contributed by atoms with E-state index in [1.54, 1.807) is 6.92 Å². The van der Waals surface area contributed by atoms with Crippen LogP contribution in [-0.4, -0.2) is 17.2 Å². The van der Waals surface area contributed by atoms with Gasteiger partial charge in [0.25, 0.3) is 0 Å². The minimum atomic E-state index is -0.135. The molecule has 0 heterocycles. The number of hydrogen-bond donors (Lipinski definition) is 0. The molecule has 0 amide bonds. The largest absolute Gasteiger partial charge is 0.494 e. The van der Waals surface area contributed by atoms with E-state index in [1.165, 1.54) is 0 Å². The number of ketones is 1. The SMILES string of the molecule is CCOc1cccc(C(C)C(Br)C(C)=O)c1. The maximum atomic E-state index is 11.3. The summed E-state index contributed by atoms with van der Waals surface area (Å²) >= 11 is 3.42. The standard InChI is InChI=1S/C13H17BrO2/c1-4-16-12-7-5-6-11(8-12)9(2)13(14)10(3)15/h5-9,13H,4H2,1-3H3. The molecule has 1 aromatic rings. The molecule has 0 aliphatic rings. The monoisotopic (exact) mass is 284 g/mol. The highest BCUT2D eigenvalue weighted by Crippen LogP contribution is 2.27. The average molecular weight is 285 g/mol. The first kappa shape index (κ1) is 13.2. The van der Waals surface area contributed by atoms with Crippen LogP contribution in [0, 0.1) is 0 Å². The maximum Gasteiger partial charge on any atom is 0.144 e. The van der Waals surface area contributed by atoms with Crippen LogP contribution in [0.25, 0.3) is 0 Å². The van der Waals surface area contributed by atoms with Crippen LogP contribution in [0.15, 0.2) is 24.3 Å². The van der Waals surface area contributed by atoms with Crippen LogP contribution in [0.1, 0.15) is 32.3 Å². The van der Waals surface area contributed by atoms with Crippen molar-refractivity contribution < 1.29 is 9.53 Å². The van der Waals surface area contributed by atoms with Crippen molar-refractivity contribution >= 4 is 21.7 Å². The van der Waals surface area contributed by atoms with Crippen LogP contribution in [-0.2, 0) is 4.79 Å². The second kappa shape index (κ2) is 6.04. The zero-order chi connectivity index (χ0) is 12.1. The third-order valence-corrected chi connectivity index (χ3v) is 3.96. The number of rotatable bonds is 5. The molecular weight excluding hydrogens is 268 g/mol. The molecule has 2 unspecified atom stereocenters. The van der Waals surface area contributed by atoms with Gasteiger partial charge in [-0.1, -0.05) is 35.0 Å². The summed E-state index contributed by atoms with van der Waals surface area (Å²) in [4.78, 5) is 11.2. The molecule has 88 valence electrons. The molecule has 16 heavy (non-hydrogen) atoms. The van der Waals surface area contributed by atoms with E-state index < -0.39 is 0 Å². The smallest absolute Gasteiger partial charge is 0.144 e. The van der Waals surface area contributed by atoms with Gasteiger partial charge in [-0.3, -0.25) is 4.79 Å². The Bertz CT molecular complexity index is 363. The molecule has 0 radical (unpaired) electrons. The third kappa shape index (κ3) is 3.34. The fraction of sp³-hybridized carbons (Fsp3) is 0.462. The first-order valence-electron chi connectivity index (χ1n) is 5.43. The molecule has 0 aliphatic heterocycles. The third-order valence-electron chi connectivity index (χ3n) is 2.52. The summed E-state index contributed by atoms with van der Waals surface area (Å²) in [6, 6.07) is 7.89. The Morgan fingerprint density at radius 1 is 1.50 bits per heavy atom. The Kier molecular flexibility index (Phi) is 5.00. The van der Waals surface area contributed by atoms with E-state index in [0.717, 1.165) is 11.3 Å². The number of halogens is 1. The molecule has 0 bridgehead atoms. The van der Waals surface area contributed by atoms with E-state index in [-0.39, 0.29) is 16.5 Å². The lowest BCUT2D eigenvalue weighted by Crippen LogP contribution is -2.17. The van der Waals surface area contributed by atoms with Gasteiger partial charge in [0.2, 0.25) is 0 Å². The zero-order valence-corrected chi connectivity index (χ0v) is 11.5. The fourth-order valence-corrected chi connectivity index (χ4v) is 1.88. The van der Waals surface area contributed by atoms with Gasteiger partial charge >= 0.3 is 0 Å². The number of ether oxygens (including phenoxy) is 1. The predicted molar refractivity (Wildman–Crippen MR) is 69.4 cm³/mol. The summed E-state index contributed by atoms with van der Waals surface area (Å²) < 4.78 is 5.44. The van der Waals surface area contributed by atoms with Gasteiger partial charge in [-0.2, -0.15) is 0 Å². The predicted octanol–water partition coefficient (Wildman–Crippen LogP) is 3.54. The first-order chi connectivity index (χ1) is 7.56. The summed E-state index contributed by atoms with van der Waals surface area (Å²) in [5.41, 5.74) is 1.11. The van der Waals surface area contributed by atoms with Crippen molar-refractivity contribution in [2.24, 2.45) is 0 Å². The number of benzene rings is 1. The lowest BCUT2D eigenvalue weighted by molar-refractivity contribution is -0.116. The van der Waals surface area contributed by atoms with Crippen molar-refractivity contribution in [2.75, 3.05) is 6.61 Å². The molecule has 1 rings (SSSR count). The average Bonchev–Trinajstić information content (AvgIpc) is 2.28. The minimum absolute atomic E-state index is 0.135. The van der Waals surface area contributed by atoms with Crippen molar-refractivity contribution in [1.82, 2.24) is 0 Å². The maximum absolute atomic E-state index is 11.3. The normalized spacial score (nSPS) is 14.2. The molecule has 0 fully saturated rings. The Morgan fingerprint density at radius 2 is 2.19 bits per heavy atom. The Balaban J connectivity index is 2.86. The van der Waals surface area contributed by atoms with Gasteiger partial charge in [-0.15, -0.1) is 0 Å². The lowest BCUT2D eigenvalue weighted by Gasteiger charge is -2.17. The number of carbonyl (C=O) groups is 1. The van der Waals surface area contributed by atoms with Gasteiger partial charge in [0, 0.05) is 5.92 Å². The zero-order valence-electron chi connectivity index (χ0n) is 9.87. The van der Waals surface area contributed by atoms with Crippen molar-refractivity contribution in [3.63, 3.8) is 0 Å². The number of Topliss-reactive ketones (excluding diaryl/α,β-unsaturated/α-hetero) is 1. The van der Waals surface area contributed by atoms with Crippen LogP contribution in [0.2, 0.25) is 0 Å². The summed E-state index contributed by atoms with van der Waals surface area (Å²) in [6.45, 7) is 6.25. The van der Waals surface area contributed by atoms with Crippen molar-refractivity contribution in [1.29, 1.82) is 0 Å². The summed E-state index contributed by atoms with van der Waals surface area (Å²) in [5, 5.41) is 0. The van der Waals surface area contributed by atoms with Crippen LogP contribution >= 0.6 is 15.9 Å². The van der Waals surface area contributed by atoms with E-state index in [0.29, 0.717) is 6.61 Å². The highest BCUT2D eigenvalue weighted by Gasteiger charge is 2.20. The van der Waals surface area contributed by atoms with Gasteiger partial charge in [0.05, 0.1) is 11.4 Å². The first-order valence-corrected chi connectivity index (χ1v) is 6.35. The quantitative estimate of drug-likeness (QED) is 0.773. The minimum Gasteiger partial charge on any atom is -0.494 e. The molecule has 0 saturated carbocycles. The van der Waals surface area contributed by atoms with E-state index >= 15 is 0 Å². The second-order valence-corrected chi connectivity index (χ2v) is 4.79. The van der Waals surface area contributed by atoms with Gasteiger partial charge in [0.15, 0.2) is 0 Å². The lowest BCUT2D eigenvalue weighted by atomic mass is 9.96. The molecule has 1 aromatic carbocycles. The van der Waals surface area contributed by atoms with Crippen LogP contribution < -0.4 is 4.74 Å². The fourth-order valence-electron chi connectivity index (χ4n) is 1.58. The molecule has 3 heteroatoms. The van der Waals surface area contributed by atoms with Crippen molar-refractivity contribution in [3.8, 4) is 5.75 Å². The van der Waals surface area contributed by atoms with Gasteiger partial charge in [-0.25, -0.2) is 0 Å². The molecule has 2 nitrogen and oxygen atoms in total. The van der Waals surface area contributed by atoms with Crippen LogP contribution in [0.5, 0.6) is 5.75 Å². The van der Waals surface area contributed by atoms with E-state index in [4.69, 9.17) is 4.74 Å². The topological polar surface area (TPSA) is 26.3 Å². The van der Waals surface area contributed by atoms with Crippen LogP contribution in [0.4, 0.5) is 0 Å². The molecule has 2 atom stereocenters. The Hall–Kier alpha value is -0.830. The highest BCUT2D eigenvalue weighted by atomic mass is 79.9. The van der Waals surface area contributed by atoms with Gasteiger partial charge < -0.3 is 4.74 Å². The summed E-state index contributed by atoms with van der Waals surface area (Å²) in [7, 11) is 0. The van der Waals surface area contributed by atoms with E-state index in [2.05, 4.69) is 15.9 Å². The van der Waals surface area contributed by atoms with E-state index in [1.807, 2.05) is 38.1 Å². The Morgan fingerprint density at radius 3 is 2.75 bits per heavy atom. The Labute approximate surface area is 105 Å². The number of carbonyl (C=O) groups excluding carboxylic acids is 1.